The van der Waals surface area contributed by atoms with E-state index in [9.17, 15) is 4.79 Å². The number of benzene rings is 1. The Labute approximate surface area is 180 Å². The second kappa shape index (κ2) is 7.88. The predicted molar refractivity (Wildman–Crippen MR) is 113 cm³/mol. The van der Waals surface area contributed by atoms with Crippen LogP contribution in [0.1, 0.15) is 10.5 Å². The Hall–Kier alpha value is -4.24. The molecule has 0 fully saturated rings. The maximum absolute atomic E-state index is 12.9. The first-order valence-corrected chi connectivity index (χ1v) is 9.57. The first-order valence-electron chi connectivity index (χ1n) is 9.20. The Morgan fingerprint density at radius 2 is 2.03 bits per heavy atom. The van der Waals surface area contributed by atoms with Gasteiger partial charge in [0.15, 0.2) is 17.3 Å². The number of nitrogens with one attached hydrogen (secondary N) is 1. The van der Waals surface area contributed by atoms with Crippen LogP contribution in [-0.4, -0.2) is 35.4 Å². The lowest BCUT2D eigenvalue weighted by atomic mass is 10.2. The molecule has 152 valence electrons. The molecule has 31 heavy (non-hydrogen) atoms. The van der Waals surface area contributed by atoms with Crippen LogP contribution in [0.2, 0.25) is 5.02 Å². The molecule has 10 heteroatoms. The summed E-state index contributed by atoms with van der Waals surface area (Å²) in [6.07, 6.45) is 6.06. The van der Waals surface area contributed by atoms with Crippen molar-refractivity contribution in [2.75, 3.05) is 5.32 Å². The van der Waals surface area contributed by atoms with E-state index in [1.54, 1.807) is 59.7 Å². The van der Waals surface area contributed by atoms with Gasteiger partial charge in [-0.3, -0.25) is 4.79 Å². The molecule has 0 atom stereocenters. The zero-order valence-electron chi connectivity index (χ0n) is 15.9. The zero-order valence-corrected chi connectivity index (χ0v) is 16.6. The number of hydrogen-bond donors (Lipinski definition) is 1. The lowest BCUT2D eigenvalue weighted by Gasteiger charge is -2.06. The van der Waals surface area contributed by atoms with Gasteiger partial charge in [-0.1, -0.05) is 17.7 Å². The quantitative estimate of drug-likeness (QED) is 0.451. The Bertz CT molecular complexity index is 1330. The minimum absolute atomic E-state index is 0.215. The number of rotatable bonds is 5. The average Bonchev–Trinajstić information content (AvgIpc) is 3.55. The summed E-state index contributed by atoms with van der Waals surface area (Å²) in [6, 6.07) is 15.9. The number of carbonyl (C=O) groups is 1. The van der Waals surface area contributed by atoms with Crippen LogP contribution >= 0.6 is 11.6 Å². The molecule has 0 aliphatic carbocycles. The highest BCUT2D eigenvalue weighted by Gasteiger charge is 2.19. The summed E-state index contributed by atoms with van der Waals surface area (Å²) in [5.41, 5.74) is 2.06. The predicted octanol–water partition coefficient (Wildman–Crippen LogP) is 4.01. The van der Waals surface area contributed by atoms with Gasteiger partial charge in [-0.05, 0) is 42.5 Å². The third kappa shape index (κ3) is 3.81. The number of nitrogens with zero attached hydrogens (tertiary/aromatic N) is 6. The number of pyridine rings is 1. The Morgan fingerprint density at radius 1 is 1.10 bits per heavy atom. The van der Waals surface area contributed by atoms with Crippen molar-refractivity contribution in [3.8, 4) is 23.0 Å². The molecule has 0 unspecified atom stereocenters. The maximum Gasteiger partial charge on any atom is 0.276 e. The van der Waals surface area contributed by atoms with Crippen molar-refractivity contribution < 1.29 is 9.21 Å². The molecule has 0 saturated heterocycles. The summed E-state index contributed by atoms with van der Waals surface area (Å²) in [5.74, 6) is 0.773. The smallest absolute Gasteiger partial charge is 0.276 e. The van der Waals surface area contributed by atoms with E-state index in [4.69, 9.17) is 16.0 Å². The molecular formula is C21H14ClN7O2. The second-order valence-electron chi connectivity index (χ2n) is 6.48. The highest BCUT2D eigenvalue weighted by atomic mass is 35.5. The second-order valence-corrected chi connectivity index (χ2v) is 6.92. The van der Waals surface area contributed by atoms with E-state index in [1.165, 1.54) is 17.2 Å². The Kier molecular flexibility index (Phi) is 4.77. The number of halogens is 1. The fourth-order valence-electron chi connectivity index (χ4n) is 3.01. The number of aromatic nitrogens is 6. The lowest BCUT2D eigenvalue weighted by molar-refractivity contribution is 0.102. The van der Waals surface area contributed by atoms with Crippen LogP contribution in [0.5, 0.6) is 0 Å². The third-order valence-electron chi connectivity index (χ3n) is 4.43. The summed E-state index contributed by atoms with van der Waals surface area (Å²) < 4.78 is 8.66. The fraction of sp³-hybridized carbons (Fsp3) is 0. The van der Waals surface area contributed by atoms with Crippen molar-refractivity contribution in [2.24, 2.45) is 0 Å². The number of amides is 1. The summed E-state index contributed by atoms with van der Waals surface area (Å²) in [4.78, 5) is 21.0. The fourth-order valence-corrected chi connectivity index (χ4v) is 3.20. The molecule has 4 heterocycles. The van der Waals surface area contributed by atoms with Gasteiger partial charge in [0.25, 0.3) is 5.91 Å². The van der Waals surface area contributed by atoms with Gasteiger partial charge in [0.1, 0.15) is 18.3 Å². The topological polar surface area (TPSA) is 104 Å². The molecule has 0 radical (unpaired) electrons. The van der Waals surface area contributed by atoms with Gasteiger partial charge < -0.3 is 9.73 Å². The molecule has 0 aliphatic rings. The zero-order chi connectivity index (χ0) is 21.2. The lowest BCUT2D eigenvalue weighted by Crippen LogP contribution is -2.13. The van der Waals surface area contributed by atoms with Crippen molar-refractivity contribution in [1.82, 2.24) is 29.5 Å². The molecule has 5 rings (SSSR count). The van der Waals surface area contributed by atoms with E-state index in [1.807, 2.05) is 12.1 Å². The minimum Gasteiger partial charge on any atom is -0.463 e. The molecule has 1 N–H and O–H groups in total. The van der Waals surface area contributed by atoms with Crippen molar-refractivity contribution >= 4 is 23.2 Å². The molecule has 0 spiro atoms. The van der Waals surface area contributed by atoms with Crippen molar-refractivity contribution in [1.29, 1.82) is 0 Å². The van der Waals surface area contributed by atoms with E-state index in [-0.39, 0.29) is 11.6 Å². The highest BCUT2D eigenvalue weighted by Crippen LogP contribution is 2.26. The molecule has 9 nitrogen and oxygen atoms in total. The summed E-state index contributed by atoms with van der Waals surface area (Å²) in [6.45, 7) is 0. The van der Waals surface area contributed by atoms with Crippen LogP contribution in [0.25, 0.3) is 23.0 Å². The van der Waals surface area contributed by atoms with E-state index in [2.05, 4.69) is 25.5 Å². The third-order valence-corrected chi connectivity index (χ3v) is 4.66. The molecule has 1 aromatic carbocycles. The number of anilines is 1. The van der Waals surface area contributed by atoms with Crippen LogP contribution < -0.4 is 5.32 Å². The first-order chi connectivity index (χ1) is 15.2. The normalized spacial score (nSPS) is 10.9. The number of furan rings is 1. The van der Waals surface area contributed by atoms with Crippen LogP contribution in [0.4, 0.5) is 5.69 Å². The van der Waals surface area contributed by atoms with E-state index >= 15 is 0 Å². The Morgan fingerprint density at radius 3 is 2.74 bits per heavy atom. The van der Waals surface area contributed by atoms with Crippen LogP contribution in [0, 0.1) is 0 Å². The van der Waals surface area contributed by atoms with Gasteiger partial charge in [-0.15, -0.1) is 0 Å². The van der Waals surface area contributed by atoms with Crippen molar-refractivity contribution in [3.05, 3.63) is 90.4 Å². The van der Waals surface area contributed by atoms with Crippen molar-refractivity contribution in [3.63, 3.8) is 0 Å². The van der Waals surface area contributed by atoms with Gasteiger partial charge in [0.2, 0.25) is 0 Å². The van der Waals surface area contributed by atoms with Gasteiger partial charge >= 0.3 is 0 Å². The van der Waals surface area contributed by atoms with Gasteiger partial charge in [-0.25, -0.2) is 19.3 Å². The van der Waals surface area contributed by atoms with Crippen LogP contribution in [-0.2, 0) is 0 Å². The monoisotopic (exact) mass is 431 g/mol. The van der Waals surface area contributed by atoms with Crippen LogP contribution in [0.15, 0.2) is 84.1 Å². The highest BCUT2D eigenvalue weighted by molar-refractivity contribution is 6.30. The van der Waals surface area contributed by atoms with Gasteiger partial charge in [0, 0.05) is 11.1 Å². The van der Waals surface area contributed by atoms with Gasteiger partial charge in [0.05, 0.1) is 23.8 Å². The molecule has 1 amide bonds. The SMILES string of the molecule is O=C(Nc1ccc(-n2cncn2)nc1)c1cc(-c2ccco2)n(-c2cccc(Cl)c2)n1. The molecule has 0 bridgehead atoms. The molecule has 0 saturated carbocycles. The Balaban J connectivity index is 1.44. The largest absolute Gasteiger partial charge is 0.463 e. The summed E-state index contributed by atoms with van der Waals surface area (Å²) in [5, 5.41) is 11.9. The van der Waals surface area contributed by atoms with E-state index in [0.29, 0.717) is 33.7 Å². The number of hydrogen-bond acceptors (Lipinski definition) is 6. The first kappa shape index (κ1) is 18.8. The van der Waals surface area contributed by atoms with Crippen LogP contribution in [0.3, 0.4) is 0 Å². The van der Waals surface area contributed by atoms with E-state index < -0.39 is 0 Å². The molecular weight excluding hydrogens is 418 g/mol. The van der Waals surface area contributed by atoms with Gasteiger partial charge in [-0.2, -0.15) is 10.2 Å². The standard InChI is InChI=1S/C21H14ClN7O2/c22-14-3-1-4-16(9-14)29-18(19-5-2-8-31-19)10-17(27-29)21(30)26-15-6-7-20(24-11-15)28-13-23-12-25-28/h1-13H,(H,26,30). The van der Waals surface area contributed by atoms with E-state index in [0.717, 1.165) is 0 Å². The average molecular weight is 432 g/mol. The van der Waals surface area contributed by atoms with Crippen molar-refractivity contribution in [2.45, 2.75) is 0 Å². The minimum atomic E-state index is -0.385. The maximum atomic E-state index is 12.9. The number of carbonyl (C=O) groups excluding carboxylic acids is 1. The summed E-state index contributed by atoms with van der Waals surface area (Å²) in [7, 11) is 0. The molecule has 0 aliphatic heterocycles. The summed E-state index contributed by atoms with van der Waals surface area (Å²) >= 11 is 6.14. The molecule has 5 aromatic rings. The molecule has 4 aromatic heterocycles.